The Hall–Kier alpha value is -0.150. The average molecular weight is 428 g/mol. The summed E-state index contributed by atoms with van der Waals surface area (Å²) < 4.78 is 27.8. The Balaban J connectivity index is 2.32. The molecule has 1 aliphatic heterocycles. The summed E-state index contributed by atoms with van der Waals surface area (Å²) in [6.45, 7) is 0.969. The van der Waals surface area contributed by atoms with E-state index < -0.39 is 10.0 Å². The fourth-order valence-corrected chi connectivity index (χ4v) is 6.30. The molecule has 1 fully saturated rings. The van der Waals surface area contributed by atoms with Crippen molar-refractivity contribution in [3.8, 4) is 0 Å². The molecule has 0 bridgehead atoms. The van der Waals surface area contributed by atoms with Gasteiger partial charge in [0.25, 0.3) is 0 Å². The van der Waals surface area contributed by atoms with Gasteiger partial charge in [-0.2, -0.15) is 4.31 Å². The van der Waals surface area contributed by atoms with Crippen LogP contribution in [0.2, 0.25) is 0 Å². The smallest absolute Gasteiger partial charge is 0.245 e. The van der Waals surface area contributed by atoms with E-state index in [-0.39, 0.29) is 17.4 Å². The molecule has 112 valence electrons. The highest BCUT2D eigenvalue weighted by molar-refractivity contribution is 9.11. The number of halogens is 2. The van der Waals surface area contributed by atoms with Crippen LogP contribution in [0.5, 0.6) is 0 Å². The van der Waals surface area contributed by atoms with E-state index in [2.05, 4.69) is 31.9 Å². The Kier molecular flexibility index (Phi) is 5.12. The van der Waals surface area contributed by atoms with Gasteiger partial charge in [0.2, 0.25) is 10.0 Å². The van der Waals surface area contributed by atoms with E-state index in [1.807, 2.05) is 0 Å². The minimum atomic E-state index is -3.57. The van der Waals surface area contributed by atoms with Gasteiger partial charge in [0.15, 0.2) is 0 Å². The highest BCUT2D eigenvalue weighted by Crippen LogP contribution is 2.35. The van der Waals surface area contributed by atoms with Crippen LogP contribution in [0.1, 0.15) is 12.8 Å². The topological polar surface area (TPSA) is 83.6 Å². The van der Waals surface area contributed by atoms with Gasteiger partial charge in [-0.05, 0) is 62.8 Å². The SMILES string of the molecule is Nc1cc(Br)c(S(=O)(=O)N2CCC(CO)CC2)c(Br)c1. The van der Waals surface area contributed by atoms with E-state index in [9.17, 15) is 8.42 Å². The maximum atomic E-state index is 12.7. The number of hydrogen-bond acceptors (Lipinski definition) is 4. The molecule has 0 unspecified atom stereocenters. The molecule has 0 radical (unpaired) electrons. The number of rotatable bonds is 3. The molecule has 1 saturated heterocycles. The van der Waals surface area contributed by atoms with Crippen molar-refractivity contribution in [3.63, 3.8) is 0 Å². The summed E-state index contributed by atoms with van der Waals surface area (Å²) in [5.41, 5.74) is 6.18. The van der Waals surface area contributed by atoms with Crippen LogP contribution in [0.3, 0.4) is 0 Å². The van der Waals surface area contributed by atoms with Crippen molar-refractivity contribution in [2.45, 2.75) is 17.7 Å². The van der Waals surface area contributed by atoms with Crippen LogP contribution in [0.4, 0.5) is 5.69 Å². The van der Waals surface area contributed by atoms with Crippen molar-refractivity contribution in [1.29, 1.82) is 0 Å². The largest absolute Gasteiger partial charge is 0.399 e. The van der Waals surface area contributed by atoms with Crippen molar-refractivity contribution in [2.75, 3.05) is 25.4 Å². The van der Waals surface area contributed by atoms with Gasteiger partial charge in [0.05, 0.1) is 0 Å². The number of aliphatic hydroxyl groups excluding tert-OH is 1. The summed E-state index contributed by atoms with van der Waals surface area (Å²) in [5.74, 6) is 0.194. The van der Waals surface area contributed by atoms with Crippen LogP contribution >= 0.6 is 31.9 Å². The van der Waals surface area contributed by atoms with Crippen molar-refractivity contribution < 1.29 is 13.5 Å². The molecule has 1 aromatic rings. The van der Waals surface area contributed by atoms with Crippen LogP contribution in [0.15, 0.2) is 26.0 Å². The normalized spacial score (nSPS) is 18.4. The van der Waals surface area contributed by atoms with Crippen LogP contribution in [0, 0.1) is 5.92 Å². The van der Waals surface area contributed by atoms with Gasteiger partial charge in [-0.15, -0.1) is 0 Å². The van der Waals surface area contributed by atoms with Gasteiger partial charge in [-0.25, -0.2) is 8.42 Å². The monoisotopic (exact) mass is 426 g/mol. The number of anilines is 1. The molecule has 0 spiro atoms. The predicted octanol–water partition coefficient (Wildman–Crippen LogP) is 2.19. The van der Waals surface area contributed by atoms with Crippen LogP contribution < -0.4 is 5.73 Å². The zero-order chi connectivity index (χ0) is 14.9. The predicted molar refractivity (Wildman–Crippen MR) is 84.8 cm³/mol. The van der Waals surface area contributed by atoms with E-state index in [0.29, 0.717) is 40.6 Å². The number of nitrogens with two attached hydrogens (primary N) is 1. The maximum Gasteiger partial charge on any atom is 0.245 e. The van der Waals surface area contributed by atoms with E-state index in [1.165, 1.54) is 4.31 Å². The molecule has 1 heterocycles. The lowest BCUT2D eigenvalue weighted by Gasteiger charge is -2.30. The number of hydrogen-bond donors (Lipinski definition) is 2. The number of nitrogens with zero attached hydrogens (tertiary/aromatic N) is 1. The second kappa shape index (κ2) is 6.31. The third-order valence-corrected chi connectivity index (χ3v) is 7.23. The van der Waals surface area contributed by atoms with Crippen LogP contribution in [-0.2, 0) is 10.0 Å². The number of benzene rings is 1. The second-order valence-corrected chi connectivity index (χ2v) is 8.43. The van der Waals surface area contributed by atoms with Crippen LogP contribution in [-0.4, -0.2) is 37.5 Å². The molecule has 8 heteroatoms. The van der Waals surface area contributed by atoms with Gasteiger partial charge >= 0.3 is 0 Å². The van der Waals surface area contributed by atoms with Crippen molar-refractivity contribution in [2.24, 2.45) is 5.92 Å². The average Bonchev–Trinajstić information content (AvgIpc) is 2.37. The highest BCUT2D eigenvalue weighted by atomic mass is 79.9. The van der Waals surface area contributed by atoms with E-state index in [1.54, 1.807) is 12.1 Å². The zero-order valence-corrected chi connectivity index (χ0v) is 14.7. The first-order valence-electron chi connectivity index (χ1n) is 6.21. The molecular formula is C12H16Br2N2O3S. The third kappa shape index (κ3) is 3.19. The lowest BCUT2D eigenvalue weighted by atomic mass is 10.00. The van der Waals surface area contributed by atoms with Gasteiger partial charge in [0.1, 0.15) is 4.90 Å². The Morgan fingerprint density at radius 1 is 1.25 bits per heavy atom. The van der Waals surface area contributed by atoms with E-state index in [4.69, 9.17) is 10.8 Å². The number of nitrogen functional groups attached to an aromatic ring is 1. The van der Waals surface area contributed by atoms with Gasteiger partial charge in [-0.3, -0.25) is 0 Å². The summed E-state index contributed by atoms with van der Waals surface area (Å²) in [4.78, 5) is 0.203. The first-order chi connectivity index (χ1) is 9.36. The summed E-state index contributed by atoms with van der Waals surface area (Å²) in [5, 5.41) is 9.12. The molecule has 2 rings (SSSR count). The maximum absolute atomic E-state index is 12.7. The fourth-order valence-electron chi connectivity index (χ4n) is 2.29. The summed E-state index contributed by atoms with van der Waals surface area (Å²) in [7, 11) is -3.57. The lowest BCUT2D eigenvalue weighted by molar-refractivity contribution is 0.170. The molecule has 3 N–H and O–H groups in total. The molecule has 0 atom stereocenters. The molecule has 0 amide bonds. The number of piperidine rings is 1. The molecule has 5 nitrogen and oxygen atoms in total. The first kappa shape index (κ1) is 16.2. The zero-order valence-electron chi connectivity index (χ0n) is 10.7. The minimum absolute atomic E-state index is 0.114. The van der Waals surface area contributed by atoms with Gasteiger partial charge in [-0.1, -0.05) is 0 Å². The quantitative estimate of drug-likeness (QED) is 0.724. The van der Waals surface area contributed by atoms with Gasteiger partial charge < -0.3 is 10.8 Å². The number of aliphatic hydroxyl groups is 1. The molecule has 1 aromatic carbocycles. The highest BCUT2D eigenvalue weighted by Gasteiger charge is 2.32. The Morgan fingerprint density at radius 3 is 2.20 bits per heavy atom. The first-order valence-corrected chi connectivity index (χ1v) is 9.24. The standard InChI is InChI=1S/C12H16Br2N2O3S/c13-10-5-9(15)6-11(14)12(10)20(18,19)16-3-1-8(7-17)2-4-16/h5-6,8,17H,1-4,7,15H2. The van der Waals surface area contributed by atoms with E-state index >= 15 is 0 Å². The summed E-state index contributed by atoms with van der Waals surface area (Å²) in [6.07, 6.45) is 1.36. The molecule has 20 heavy (non-hydrogen) atoms. The summed E-state index contributed by atoms with van der Waals surface area (Å²) >= 11 is 6.54. The van der Waals surface area contributed by atoms with Crippen LogP contribution in [0.25, 0.3) is 0 Å². The molecule has 0 saturated carbocycles. The Morgan fingerprint density at radius 2 is 1.75 bits per heavy atom. The van der Waals surface area contributed by atoms with E-state index in [0.717, 1.165) is 0 Å². The second-order valence-electron chi connectivity index (χ2n) is 4.84. The van der Waals surface area contributed by atoms with Crippen molar-refractivity contribution in [3.05, 3.63) is 21.1 Å². The number of sulfonamides is 1. The minimum Gasteiger partial charge on any atom is -0.399 e. The Bertz CT molecular complexity index is 576. The molecular weight excluding hydrogens is 412 g/mol. The lowest BCUT2D eigenvalue weighted by Crippen LogP contribution is -2.39. The third-order valence-electron chi connectivity index (χ3n) is 3.45. The summed E-state index contributed by atoms with van der Waals surface area (Å²) in [6, 6.07) is 3.16. The van der Waals surface area contributed by atoms with Crippen molar-refractivity contribution in [1.82, 2.24) is 4.31 Å². The van der Waals surface area contributed by atoms with Gasteiger partial charge in [0, 0.05) is 34.3 Å². The molecule has 1 aliphatic rings. The molecule has 0 aliphatic carbocycles. The molecule has 0 aromatic heterocycles. The fraction of sp³-hybridized carbons (Fsp3) is 0.500. The Labute approximate surface area is 135 Å². The van der Waals surface area contributed by atoms with Crippen molar-refractivity contribution >= 4 is 47.6 Å².